The van der Waals surface area contributed by atoms with Crippen molar-refractivity contribution >= 4 is 0 Å². The molecule has 67 valence electrons. The van der Waals surface area contributed by atoms with E-state index in [0.29, 0.717) is 0 Å². The molecule has 2 heteroatoms. The van der Waals surface area contributed by atoms with Gasteiger partial charge in [0, 0.05) is 27.7 Å². The van der Waals surface area contributed by atoms with Crippen LogP contribution >= 0.6 is 0 Å². The molecule has 1 nitrogen and oxygen atoms in total. The summed E-state index contributed by atoms with van der Waals surface area (Å²) in [5.74, 6) is 0. The largest absolute Gasteiger partial charge is 0.305 e. The van der Waals surface area contributed by atoms with Crippen LogP contribution in [0.5, 0.6) is 0 Å². The molecular formula is C11H8IrN-. The van der Waals surface area contributed by atoms with Gasteiger partial charge in [-0.25, -0.2) is 0 Å². The molecule has 13 heavy (non-hydrogen) atoms. The fraction of sp³-hybridized carbons (Fsp3) is 0. The molecule has 0 fully saturated rings. The van der Waals surface area contributed by atoms with Crippen molar-refractivity contribution in [2.75, 3.05) is 0 Å². The van der Waals surface area contributed by atoms with Gasteiger partial charge in [-0.15, -0.1) is 35.8 Å². The topological polar surface area (TPSA) is 12.9 Å². The molecule has 0 atom stereocenters. The van der Waals surface area contributed by atoms with E-state index in [9.17, 15) is 0 Å². The van der Waals surface area contributed by atoms with Crippen molar-refractivity contribution in [3.05, 3.63) is 54.6 Å². The number of rotatable bonds is 1. The minimum Gasteiger partial charge on any atom is -0.305 e. The molecule has 2 rings (SSSR count). The Morgan fingerprint density at radius 3 is 2.92 bits per heavy atom. The molecular weight excluding hydrogens is 338 g/mol. The Hall–Kier alpha value is -0.981. The Morgan fingerprint density at radius 1 is 1.15 bits per heavy atom. The second kappa shape index (κ2) is 4.90. The number of hydrogen-bond acceptors (Lipinski definition) is 1. The maximum absolute atomic E-state index is 7.72. The van der Waals surface area contributed by atoms with Crippen LogP contribution < -0.4 is 0 Å². The summed E-state index contributed by atoms with van der Waals surface area (Å²) in [5, 5.41) is 0. The molecule has 0 spiro atoms. The standard InChI is InChI=1S/C11H8N.Ir/c1-2-6-10(7-3-1)11-8-4-5-9-12-11;/h1-6,8-9H;/q-1;/i1D,2D,4D,5D,6D,8D;. The molecule has 1 heterocycles. The zero-order valence-corrected chi connectivity index (χ0v) is 8.83. The van der Waals surface area contributed by atoms with Gasteiger partial charge in [-0.2, -0.15) is 0 Å². The first-order chi connectivity index (χ1) is 8.43. The van der Waals surface area contributed by atoms with E-state index in [1.165, 1.54) is 6.07 Å². The van der Waals surface area contributed by atoms with E-state index in [4.69, 9.17) is 8.22 Å². The van der Waals surface area contributed by atoms with Gasteiger partial charge in [0.1, 0.15) is 0 Å². The van der Waals surface area contributed by atoms with E-state index in [2.05, 4.69) is 11.1 Å². The predicted octanol–water partition coefficient (Wildman–Crippen LogP) is 2.55. The SMILES string of the molecule is [2H]c1c[c-]c(-c2ncc([2H])c([2H])c2[2H])c([2H])c1[2H].[Ir]. The van der Waals surface area contributed by atoms with Gasteiger partial charge in [-0.1, -0.05) is 12.1 Å². The maximum atomic E-state index is 7.72. The Morgan fingerprint density at radius 2 is 2.00 bits per heavy atom. The molecule has 1 aromatic heterocycles. The molecule has 1 radical (unpaired) electrons. The van der Waals surface area contributed by atoms with Crippen LogP contribution in [-0.2, 0) is 20.1 Å². The summed E-state index contributed by atoms with van der Waals surface area (Å²) in [4.78, 5) is 3.85. The minimum absolute atomic E-state index is 0. The Bertz CT molecular complexity index is 576. The first-order valence-electron chi connectivity index (χ1n) is 6.35. The van der Waals surface area contributed by atoms with Crippen LogP contribution in [0.15, 0.2) is 48.5 Å². The third-order valence-electron chi connectivity index (χ3n) is 1.30. The first kappa shape index (κ1) is 4.49. The van der Waals surface area contributed by atoms with E-state index in [1.807, 2.05) is 0 Å². The smallest absolute Gasteiger partial charge is 0.0638 e. The molecule has 0 bridgehead atoms. The molecule has 0 amide bonds. The van der Waals surface area contributed by atoms with E-state index < -0.39 is 0 Å². The average Bonchev–Trinajstić information content (AvgIpc) is 2.35. The molecule has 2 aromatic rings. The average molecular weight is 352 g/mol. The summed E-state index contributed by atoms with van der Waals surface area (Å²) >= 11 is 0. The van der Waals surface area contributed by atoms with Crippen molar-refractivity contribution in [1.82, 2.24) is 4.98 Å². The first-order valence-corrected chi connectivity index (χ1v) is 3.35. The van der Waals surface area contributed by atoms with Gasteiger partial charge in [-0.05, 0) is 14.5 Å². The minimum atomic E-state index is -0.283. The summed E-state index contributed by atoms with van der Waals surface area (Å²) < 4.78 is 45.2. The van der Waals surface area contributed by atoms with Crippen LogP contribution in [0.3, 0.4) is 0 Å². The van der Waals surface area contributed by atoms with Crippen LogP contribution in [0.25, 0.3) is 11.3 Å². The van der Waals surface area contributed by atoms with Crippen molar-refractivity contribution in [2.45, 2.75) is 0 Å². The van der Waals surface area contributed by atoms with E-state index in [0.717, 1.165) is 6.20 Å². The normalized spacial score (nSPS) is 15.4. The van der Waals surface area contributed by atoms with Gasteiger partial charge in [0.05, 0.1) is 4.11 Å². The van der Waals surface area contributed by atoms with Crippen LogP contribution in [0.4, 0.5) is 0 Å². The number of pyridine rings is 1. The Labute approximate surface area is 99.6 Å². The third-order valence-corrected chi connectivity index (χ3v) is 1.30. The monoisotopic (exact) mass is 353 g/mol. The predicted molar refractivity (Wildman–Crippen MR) is 48.5 cm³/mol. The fourth-order valence-electron chi connectivity index (χ4n) is 0.790. The maximum Gasteiger partial charge on any atom is 0.0638 e. The van der Waals surface area contributed by atoms with Crippen LogP contribution in [0.1, 0.15) is 8.22 Å². The van der Waals surface area contributed by atoms with Gasteiger partial charge in [-0.3, -0.25) is 0 Å². The van der Waals surface area contributed by atoms with Crippen molar-refractivity contribution in [1.29, 1.82) is 0 Å². The van der Waals surface area contributed by atoms with Gasteiger partial charge >= 0.3 is 0 Å². The molecule has 0 unspecified atom stereocenters. The van der Waals surface area contributed by atoms with Crippen LogP contribution in [0.2, 0.25) is 0 Å². The molecule has 0 saturated carbocycles. The van der Waals surface area contributed by atoms with Gasteiger partial charge < -0.3 is 4.98 Å². The van der Waals surface area contributed by atoms with Gasteiger partial charge in [0.2, 0.25) is 0 Å². The second-order valence-electron chi connectivity index (χ2n) is 2.06. The number of aromatic nitrogens is 1. The number of nitrogens with zero attached hydrogens (tertiary/aromatic N) is 1. The Kier molecular flexibility index (Phi) is 1.70. The summed E-state index contributed by atoms with van der Waals surface area (Å²) in [6.07, 6.45) is 1.13. The van der Waals surface area contributed by atoms with Crippen molar-refractivity contribution in [2.24, 2.45) is 0 Å². The van der Waals surface area contributed by atoms with E-state index in [1.54, 1.807) is 0 Å². The fourth-order valence-corrected chi connectivity index (χ4v) is 0.790. The molecule has 1 aromatic carbocycles. The van der Waals surface area contributed by atoms with E-state index in [-0.39, 0.29) is 67.6 Å². The number of benzene rings is 1. The van der Waals surface area contributed by atoms with Gasteiger partial charge in [0.15, 0.2) is 0 Å². The number of hydrogen-bond donors (Lipinski definition) is 0. The summed E-state index contributed by atoms with van der Waals surface area (Å²) in [6, 6.07) is 2.49. The third kappa shape index (κ3) is 2.48. The van der Waals surface area contributed by atoms with Crippen LogP contribution in [0, 0.1) is 6.07 Å². The van der Waals surface area contributed by atoms with Crippen LogP contribution in [-0.4, -0.2) is 4.98 Å². The van der Waals surface area contributed by atoms with Crippen molar-refractivity contribution < 1.29 is 28.3 Å². The van der Waals surface area contributed by atoms with Crippen molar-refractivity contribution in [3.8, 4) is 11.3 Å². The second-order valence-corrected chi connectivity index (χ2v) is 2.06. The summed E-state index contributed by atoms with van der Waals surface area (Å²) in [7, 11) is 0. The molecule has 0 aliphatic rings. The quantitative estimate of drug-likeness (QED) is 0.719. The molecule has 0 N–H and O–H groups in total. The molecule has 0 aliphatic heterocycles. The Balaban J connectivity index is 0.00000180. The zero-order valence-electron chi connectivity index (χ0n) is 12.4. The van der Waals surface area contributed by atoms with E-state index >= 15 is 0 Å². The zero-order chi connectivity index (χ0) is 13.4. The van der Waals surface area contributed by atoms with Gasteiger partial charge in [0.25, 0.3) is 0 Å². The molecule has 0 saturated heterocycles. The summed E-state index contributed by atoms with van der Waals surface area (Å²) in [6.45, 7) is 0. The summed E-state index contributed by atoms with van der Waals surface area (Å²) in [5.41, 5.74) is 0.143. The van der Waals surface area contributed by atoms with Crippen molar-refractivity contribution in [3.63, 3.8) is 0 Å². The molecule has 0 aliphatic carbocycles.